The van der Waals surface area contributed by atoms with E-state index in [2.05, 4.69) is 22.2 Å². The molecule has 0 aliphatic rings. The number of hydrogen-bond donors (Lipinski definition) is 8. The molecule has 0 fully saturated rings. The molecule has 2 amide bonds. The number of aryl methyl sites for hydroxylation is 1. The van der Waals surface area contributed by atoms with Crippen molar-refractivity contribution in [3.8, 4) is 0 Å². The summed E-state index contributed by atoms with van der Waals surface area (Å²) in [6.45, 7) is 4.17. The Kier molecular flexibility index (Phi) is 19.3. The van der Waals surface area contributed by atoms with Crippen LogP contribution in [0.3, 0.4) is 0 Å². The predicted octanol–water partition coefficient (Wildman–Crippen LogP) is 2.11. The van der Waals surface area contributed by atoms with Crippen LogP contribution in [-0.2, 0) is 32.7 Å². The Morgan fingerprint density at radius 1 is 0.932 bits per heavy atom. The van der Waals surface area contributed by atoms with Crippen LogP contribution in [0.2, 0.25) is 0 Å². The third kappa shape index (κ3) is 14.4. The Morgan fingerprint density at radius 3 is 2.27 bits per heavy atom. The van der Waals surface area contributed by atoms with Gasteiger partial charge in [0.15, 0.2) is 6.10 Å². The van der Waals surface area contributed by atoms with E-state index in [1.165, 1.54) is 4.90 Å². The summed E-state index contributed by atoms with van der Waals surface area (Å²) in [6, 6.07) is 17.9. The maximum Gasteiger partial charge on any atom is 0.435 e. The van der Waals surface area contributed by atoms with E-state index in [0.717, 1.165) is 42.7 Å². The minimum atomic E-state index is -2.20. The number of nitrogens with one attached hydrogen (secondary N) is 1. The van der Waals surface area contributed by atoms with Crippen molar-refractivity contribution in [1.82, 2.24) is 14.5 Å². The van der Waals surface area contributed by atoms with Gasteiger partial charge in [-0.05, 0) is 67.9 Å². The van der Waals surface area contributed by atoms with Gasteiger partial charge < -0.3 is 55.7 Å². The number of pyridine rings is 1. The number of hydrogen-bond acceptors (Lipinski definition) is 14. The van der Waals surface area contributed by atoms with Crippen LogP contribution in [0.25, 0.3) is 11.0 Å². The number of ether oxygens (including phenoxy) is 2. The van der Waals surface area contributed by atoms with Gasteiger partial charge in [-0.15, -0.1) is 0 Å². The van der Waals surface area contributed by atoms with Gasteiger partial charge in [-0.1, -0.05) is 32.3 Å². The maximum absolute atomic E-state index is 13.6. The number of aliphatic hydroxyl groups excluding tert-OH is 5. The van der Waals surface area contributed by atoms with Crippen molar-refractivity contribution >= 4 is 52.3 Å². The number of fused-ring (bicyclic) bond motifs is 1. The van der Waals surface area contributed by atoms with Crippen LogP contribution in [0.5, 0.6) is 0 Å². The number of carboxylic acid groups (broad SMARTS) is 1. The number of imidazole rings is 1. The number of aliphatic carboxylic acids is 1. The van der Waals surface area contributed by atoms with Crippen LogP contribution < -0.4 is 16.0 Å². The Labute approximate surface area is 340 Å². The van der Waals surface area contributed by atoms with Crippen molar-refractivity contribution in [2.45, 2.75) is 76.9 Å². The molecular weight excluding hydrogens is 770 g/mol. The summed E-state index contributed by atoms with van der Waals surface area (Å²) < 4.78 is 12.1. The van der Waals surface area contributed by atoms with Crippen LogP contribution >= 0.6 is 0 Å². The van der Waals surface area contributed by atoms with Crippen LogP contribution in [-0.4, -0.2) is 126 Å². The highest BCUT2D eigenvalue weighted by Gasteiger charge is 2.34. The van der Waals surface area contributed by atoms with Crippen LogP contribution in [0.4, 0.5) is 16.3 Å². The number of benzene rings is 2. The molecule has 320 valence electrons. The fourth-order valence-corrected chi connectivity index (χ4v) is 5.46. The van der Waals surface area contributed by atoms with E-state index in [9.17, 15) is 19.2 Å². The number of carboxylic acids is 1. The van der Waals surface area contributed by atoms with Gasteiger partial charge in [0.05, 0.1) is 43.8 Å². The molecular formula is C40H53N7O12. The molecule has 0 unspecified atom stereocenters. The van der Waals surface area contributed by atoms with Gasteiger partial charge in [-0.25, -0.2) is 19.6 Å². The van der Waals surface area contributed by atoms with E-state index in [1.807, 2.05) is 29.8 Å². The third-order valence-corrected chi connectivity index (χ3v) is 8.81. The molecule has 0 aliphatic carbocycles. The number of unbranched alkanes of at least 4 members (excludes halogenated alkanes) is 3. The second kappa shape index (κ2) is 24.1. The summed E-state index contributed by atoms with van der Waals surface area (Å²) in [4.78, 5) is 62.1. The normalized spacial score (nSPS) is 13.3. The highest BCUT2D eigenvalue weighted by Crippen LogP contribution is 2.22. The van der Waals surface area contributed by atoms with Crippen molar-refractivity contribution < 1.29 is 59.3 Å². The topological polar surface area (TPSA) is 292 Å². The van der Waals surface area contributed by atoms with E-state index < -0.39 is 43.1 Å². The van der Waals surface area contributed by atoms with Crippen LogP contribution in [0, 0.1) is 0 Å². The second-order valence-corrected chi connectivity index (χ2v) is 13.1. The maximum atomic E-state index is 13.6. The zero-order valence-electron chi connectivity index (χ0n) is 33.2. The summed E-state index contributed by atoms with van der Waals surface area (Å²) in [7, 11) is 1.91. The number of carbonyl (C=O) groups excluding carboxylic acids is 3. The number of nitrogens with two attached hydrogens (primary N) is 1. The fraction of sp³-hybridized carbons (Fsp3) is 0.425. The summed E-state index contributed by atoms with van der Waals surface area (Å²) in [5.41, 5.74) is 9.40. The first kappa shape index (κ1) is 47.4. The minimum absolute atomic E-state index is 0.0455. The molecule has 0 aliphatic heterocycles. The summed E-state index contributed by atoms with van der Waals surface area (Å²) in [5.74, 6) is -1.11. The Bertz CT molecular complexity index is 1990. The van der Waals surface area contributed by atoms with E-state index in [0.29, 0.717) is 35.6 Å². The number of carbonyl (C=O) groups is 4. The first-order valence-corrected chi connectivity index (χ1v) is 19.0. The highest BCUT2D eigenvalue weighted by molar-refractivity contribution is 6.07. The zero-order chi connectivity index (χ0) is 43.5. The Morgan fingerprint density at radius 2 is 1.64 bits per heavy atom. The third-order valence-electron chi connectivity index (χ3n) is 8.81. The molecule has 4 atom stereocenters. The number of aliphatic hydroxyl groups is 5. The number of aromatic nitrogens is 3. The van der Waals surface area contributed by atoms with Gasteiger partial charge in [0.2, 0.25) is 0 Å². The quantitative estimate of drug-likeness (QED) is 0.0274. The molecule has 4 rings (SSSR count). The number of aliphatic imine (C=N–C) groups is 1. The lowest BCUT2D eigenvalue weighted by atomic mass is 10.0. The Balaban J connectivity index is 0.000000615. The van der Waals surface area contributed by atoms with E-state index in [1.54, 1.807) is 55.6 Å². The van der Waals surface area contributed by atoms with Gasteiger partial charge in [0, 0.05) is 36.6 Å². The van der Waals surface area contributed by atoms with Crippen molar-refractivity contribution in [2.75, 3.05) is 36.6 Å². The average molecular weight is 824 g/mol. The number of amides is 2. The van der Waals surface area contributed by atoms with Gasteiger partial charge in [0.1, 0.15) is 35.8 Å². The molecule has 0 saturated heterocycles. The first-order chi connectivity index (χ1) is 28.2. The fourth-order valence-electron chi connectivity index (χ4n) is 5.46. The van der Waals surface area contributed by atoms with Crippen LogP contribution in [0.15, 0.2) is 71.9 Å². The van der Waals surface area contributed by atoms with Gasteiger partial charge in [0.25, 0.3) is 5.91 Å². The van der Waals surface area contributed by atoms with Crippen molar-refractivity contribution in [1.29, 1.82) is 0 Å². The Hall–Kier alpha value is -5.99. The number of nitrogens with zero attached hydrogens (tertiary/aromatic N) is 5. The molecule has 9 N–H and O–H groups in total. The van der Waals surface area contributed by atoms with E-state index in [-0.39, 0.29) is 37.3 Å². The number of amidine groups is 1. The molecule has 59 heavy (non-hydrogen) atoms. The average Bonchev–Trinajstić information content (AvgIpc) is 3.56. The molecule has 0 bridgehead atoms. The first-order valence-electron chi connectivity index (χ1n) is 19.0. The summed E-state index contributed by atoms with van der Waals surface area (Å²) in [6.07, 6.45) is -2.84. The molecule has 0 spiro atoms. The summed E-state index contributed by atoms with van der Waals surface area (Å²) >= 11 is 0. The zero-order valence-corrected chi connectivity index (χ0v) is 33.2. The van der Waals surface area contributed by atoms with E-state index >= 15 is 0 Å². The van der Waals surface area contributed by atoms with Gasteiger partial charge in [-0.2, -0.15) is 4.99 Å². The number of rotatable bonds is 20. The van der Waals surface area contributed by atoms with Crippen molar-refractivity contribution in [2.24, 2.45) is 17.8 Å². The summed E-state index contributed by atoms with van der Waals surface area (Å²) in [5, 5.41) is 55.2. The lowest BCUT2D eigenvalue weighted by molar-refractivity contribution is -0.164. The standard InChI is InChI=1S/C34H41N7O5.C6H12O7/c1-4-6-7-10-21-46-34(44)39-32(35)24-12-15-26(16-13-24)37-23-30-38-27-22-25(14-17-28(27)40(30)3)33(43)41(20-18-31(42)45-5-2)29-11-8-9-19-36-29;7-1-2(8)3(9)4(10)5(11)6(12)13/h8-9,11-17,19,22,37H,4-7,10,18,20-21,23H2,1-3H3,(H2,35,39,44);2-5,7-11H,1H2,(H,12,13)/t;2-,3-,4+,5-/m.1/s1. The molecule has 0 saturated carbocycles. The molecule has 4 aromatic rings. The predicted molar refractivity (Wildman–Crippen MR) is 217 cm³/mol. The lowest BCUT2D eigenvalue weighted by Crippen LogP contribution is -2.48. The molecule has 2 heterocycles. The van der Waals surface area contributed by atoms with Gasteiger partial charge in [-0.3, -0.25) is 14.5 Å². The second-order valence-electron chi connectivity index (χ2n) is 13.1. The number of anilines is 2. The molecule has 19 heteroatoms. The molecule has 19 nitrogen and oxygen atoms in total. The monoisotopic (exact) mass is 823 g/mol. The van der Waals surface area contributed by atoms with Crippen molar-refractivity contribution in [3.63, 3.8) is 0 Å². The molecule has 2 aromatic carbocycles. The lowest BCUT2D eigenvalue weighted by Gasteiger charge is -2.23. The molecule has 0 radical (unpaired) electrons. The van der Waals surface area contributed by atoms with Crippen molar-refractivity contribution in [3.05, 3.63) is 83.8 Å². The molecule has 2 aromatic heterocycles. The van der Waals surface area contributed by atoms with Gasteiger partial charge >= 0.3 is 18.0 Å². The smallest absolute Gasteiger partial charge is 0.435 e. The largest absolute Gasteiger partial charge is 0.479 e. The SMILES string of the molecule is CCCCCCOC(=O)/N=C(/N)c1ccc(NCc2nc3cc(C(=O)N(CCC(=O)OCC)c4ccccn4)ccc3n2C)cc1.O=C(O)[C@H](O)[C@@H](O)[C@H](O)[C@H](O)CO. The van der Waals surface area contributed by atoms with E-state index in [4.69, 9.17) is 50.8 Å². The number of esters is 1. The van der Waals surface area contributed by atoms with Crippen LogP contribution in [0.1, 0.15) is 67.7 Å². The highest BCUT2D eigenvalue weighted by atomic mass is 16.5. The minimum Gasteiger partial charge on any atom is -0.479 e.